The molecule has 0 spiro atoms. The molecule has 1 atom stereocenters. The van der Waals surface area contributed by atoms with E-state index in [9.17, 15) is 14.7 Å². The number of aromatic carboxylic acids is 1. The lowest BCUT2D eigenvalue weighted by atomic mass is 9.81. The molecule has 1 aliphatic heterocycles. The number of anilines is 1. The van der Waals surface area contributed by atoms with Crippen molar-refractivity contribution in [3.63, 3.8) is 0 Å². The van der Waals surface area contributed by atoms with Crippen molar-refractivity contribution in [2.45, 2.75) is 109 Å². The van der Waals surface area contributed by atoms with Crippen LogP contribution in [0.5, 0.6) is 0 Å². The molecular formula is C27H42N2O4S. The van der Waals surface area contributed by atoms with E-state index in [0.29, 0.717) is 22.6 Å². The molecular weight excluding hydrogens is 448 g/mol. The van der Waals surface area contributed by atoms with Crippen LogP contribution in [0.15, 0.2) is 6.07 Å². The molecule has 0 unspecified atom stereocenters. The summed E-state index contributed by atoms with van der Waals surface area (Å²) in [6.07, 6.45) is 9.12. The van der Waals surface area contributed by atoms with Gasteiger partial charge in [0.25, 0.3) is 0 Å². The number of amides is 1. The van der Waals surface area contributed by atoms with E-state index in [1.807, 2.05) is 11.0 Å². The topological polar surface area (TPSA) is 78.9 Å². The average molecular weight is 491 g/mol. The van der Waals surface area contributed by atoms with Gasteiger partial charge in [0.2, 0.25) is 5.91 Å². The SMILES string of the molecule is CC1CCC(C(=O)N(c2cc(C(C)(C)C)sc2C(=O)O)C2CCC(O[C@H]3CCNC3)CC2)CC1. The average Bonchev–Trinajstić information content (AvgIpc) is 3.46. The number of nitrogens with zero attached hydrogens (tertiary/aromatic N) is 1. The number of rotatable bonds is 6. The molecule has 6 nitrogen and oxygen atoms in total. The Kier molecular flexibility index (Phi) is 8.05. The van der Waals surface area contributed by atoms with E-state index in [1.54, 1.807) is 0 Å². The van der Waals surface area contributed by atoms with Gasteiger partial charge in [-0.1, -0.05) is 27.7 Å². The third-order valence-electron chi connectivity index (χ3n) is 7.92. The van der Waals surface area contributed by atoms with Crippen molar-refractivity contribution in [1.29, 1.82) is 0 Å². The molecule has 2 N–H and O–H groups in total. The summed E-state index contributed by atoms with van der Waals surface area (Å²) in [5, 5.41) is 13.4. The summed E-state index contributed by atoms with van der Waals surface area (Å²) in [6, 6.07) is 2.03. The zero-order valence-corrected chi connectivity index (χ0v) is 22.1. The number of carboxylic acid groups (broad SMARTS) is 1. The Morgan fingerprint density at radius 1 is 1.03 bits per heavy atom. The van der Waals surface area contributed by atoms with Crippen molar-refractivity contribution in [3.8, 4) is 0 Å². The largest absolute Gasteiger partial charge is 0.477 e. The highest BCUT2D eigenvalue weighted by molar-refractivity contribution is 7.14. The van der Waals surface area contributed by atoms with Crippen LogP contribution in [0.3, 0.4) is 0 Å². The Morgan fingerprint density at radius 2 is 1.71 bits per heavy atom. The molecule has 1 saturated heterocycles. The van der Waals surface area contributed by atoms with Crippen LogP contribution in [0.2, 0.25) is 0 Å². The lowest BCUT2D eigenvalue weighted by molar-refractivity contribution is -0.124. The highest BCUT2D eigenvalue weighted by Crippen LogP contribution is 2.42. The van der Waals surface area contributed by atoms with E-state index >= 15 is 0 Å². The molecule has 2 saturated carbocycles. The van der Waals surface area contributed by atoms with Gasteiger partial charge in [-0.2, -0.15) is 0 Å². The second kappa shape index (κ2) is 10.7. The molecule has 1 amide bonds. The van der Waals surface area contributed by atoms with Crippen molar-refractivity contribution in [2.24, 2.45) is 11.8 Å². The first-order valence-corrected chi connectivity index (χ1v) is 14.0. The molecule has 3 aliphatic rings. The van der Waals surface area contributed by atoms with Gasteiger partial charge in [-0.3, -0.25) is 4.79 Å². The Hall–Kier alpha value is -1.44. The third kappa shape index (κ3) is 5.85. The predicted octanol–water partition coefficient (Wildman–Crippen LogP) is 5.59. The van der Waals surface area contributed by atoms with Crippen molar-refractivity contribution in [2.75, 3.05) is 18.0 Å². The van der Waals surface area contributed by atoms with E-state index in [-0.39, 0.29) is 29.4 Å². The molecule has 190 valence electrons. The maximum absolute atomic E-state index is 14.0. The monoisotopic (exact) mass is 490 g/mol. The quantitative estimate of drug-likeness (QED) is 0.543. The fraction of sp³-hybridized carbons (Fsp3) is 0.778. The number of ether oxygens (including phenoxy) is 1. The standard InChI is InChI=1S/C27H42N2O4S/c1-17-5-7-18(8-6-17)25(30)29(22-15-23(27(2,3)4)34-24(22)26(31)32)19-9-11-20(12-10-19)33-21-13-14-28-16-21/h15,17-21,28H,5-14,16H2,1-4H3,(H,31,32)/t17?,18?,19?,20?,21-/m0/s1. The summed E-state index contributed by atoms with van der Waals surface area (Å²) in [7, 11) is 0. The fourth-order valence-corrected chi connectivity index (χ4v) is 6.78. The number of thiophene rings is 1. The van der Waals surface area contributed by atoms with Gasteiger partial charge in [0, 0.05) is 23.4 Å². The van der Waals surface area contributed by atoms with Gasteiger partial charge in [0.15, 0.2) is 0 Å². The highest BCUT2D eigenvalue weighted by atomic mass is 32.1. The van der Waals surface area contributed by atoms with Crippen molar-refractivity contribution >= 4 is 28.9 Å². The molecule has 1 aromatic heterocycles. The lowest BCUT2D eigenvalue weighted by Crippen LogP contribution is -2.47. The Labute approximate surface area is 208 Å². The highest BCUT2D eigenvalue weighted by Gasteiger charge is 2.38. The normalized spacial score (nSPS) is 30.3. The third-order valence-corrected chi connectivity index (χ3v) is 9.45. The first-order valence-electron chi connectivity index (χ1n) is 13.2. The number of hydrogen-bond acceptors (Lipinski definition) is 5. The van der Waals surface area contributed by atoms with E-state index in [0.717, 1.165) is 75.8 Å². The number of carbonyl (C=O) groups excluding carboxylic acids is 1. The minimum atomic E-state index is -0.934. The zero-order valence-electron chi connectivity index (χ0n) is 21.3. The number of hydrogen-bond donors (Lipinski definition) is 2. The Morgan fingerprint density at radius 3 is 2.26 bits per heavy atom. The van der Waals surface area contributed by atoms with E-state index in [1.165, 1.54) is 11.3 Å². The maximum atomic E-state index is 14.0. The number of carboxylic acids is 1. The molecule has 34 heavy (non-hydrogen) atoms. The minimum Gasteiger partial charge on any atom is -0.477 e. The summed E-state index contributed by atoms with van der Waals surface area (Å²) >= 11 is 1.33. The molecule has 2 heterocycles. The molecule has 4 rings (SSSR count). The van der Waals surface area contributed by atoms with Gasteiger partial charge in [-0.25, -0.2) is 4.79 Å². The Bertz CT molecular complexity index is 854. The smallest absolute Gasteiger partial charge is 0.348 e. The van der Waals surface area contributed by atoms with Crippen molar-refractivity contribution < 1.29 is 19.4 Å². The van der Waals surface area contributed by atoms with Crippen LogP contribution in [-0.4, -0.2) is 48.3 Å². The summed E-state index contributed by atoms with van der Waals surface area (Å²) in [5.41, 5.74) is 0.457. The fourth-order valence-electron chi connectivity index (χ4n) is 5.74. The summed E-state index contributed by atoms with van der Waals surface area (Å²) in [6.45, 7) is 10.5. The van der Waals surface area contributed by atoms with E-state index in [2.05, 4.69) is 33.0 Å². The van der Waals surface area contributed by atoms with Gasteiger partial charge >= 0.3 is 5.97 Å². The molecule has 0 radical (unpaired) electrons. The second-order valence-corrected chi connectivity index (χ2v) is 12.8. The zero-order chi connectivity index (χ0) is 24.5. The first kappa shape index (κ1) is 25.6. The van der Waals surface area contributed by atoms with Gasteiger partial charge in [0.1, 0.15) is 4.88 Å². The molecule has 3 fully saturated rings. The van der Waals surface area contributed by atoms with Crippen molar-refractivity contribution in [3.05, 3.63) is 15.8 Å². The van der Waals surface area contributed by atoms with Crippen LogP contribution < -0.4 is 10.2 Å². The van der Waals surface area contributed by atoms with Crippen LogP contribution in [0.4, 0.5) is 5.69 Å². The first-order chi connectivity index (χ1) is 16.1. The van der Waals surface area contributed by atoms with E-state index in [4.69, 9.17) is 4.74 Å². The second-order valence-electron chi connectivity index (χ2n) is 11.7. The lowest BCUT2D eigenvalue weighted by Gasteiger charge is -2.40. The van der Waals surface area contributed by atoms with Gasteiger partial charge in [-0.15, -0.1) is 11.3 Å². The maximum Gasteiger partial charge on any atom is 0.348 e. The summed E-state index contributed by atoms with van der Waals surface area (Å²) in [5.74, 6) is -0.138. The van der Waals surface area contributed by atoms with Gasteiger partial charge in [-0.05, 0) is 81.7 Å². The molecule has 7 heteroatoms. The molecule has 1 aromatic rings. The van der Waals surface area contributed by atoms with Gasteiger partial charge in [0.05, 0.1) is 17.9 Å². The van der Waals surface area contributed by atoms with Crippen LogP contribution in [0.1, 0.15) is 100 Å². The Balaban J connectivity index is 1.58. The summed E-state index contributed by atoms with van der Waals surface area (Å²) < 4.78 is 6.33. The van der Waals surface area contributed by atoms with Crippen LogP contribution >= 0.6 is 11.3 Å². The van der Waals surface area contributed by atoms with Crippen LogP contribution in [-0.2, 0) is 14.9 Å². The number of nitrogens with one attached hydrogen (secondary N) is 1. The van der Waals surface area contributed by atoms with Crippen molar-refractivity contribution in [1.82, 2.24) is 5.32 Å². The molecule has 0 bridgehead atoms. The van der Waals surface area contributed by atoms with E-state index < -0.39 is 5.97 Å². The van der Waals surface area contributed by atoms with Crippen LogP contribution in [0.25, 0.3) is 0 Å². The predicted molar refractivity (Wildman–Crippen MR) is 137 cm³/mol. The molecule has 2 aliphatic carbocycles. The molecule has 0 aromatic carbocycles. The van der Waals surface area contributed by atoms with Gasteiger partial charge < -0.3 is 20.1 Å². The minimum absolute atomic E-state index is 0.00521. The number of carbonyl (C=O) groups is 2. The summed E-state index contributed by atoms with van der Waals surface area (Å²) in [4.78, 5) is 29.5. The van der Waals surface area contributed by atoms with Crippen LogP contribution in [0, 0.1) is 11.8 Å².